The minimum Gasteiger partial charge on any atom is -0.271 e. The Kier molecular flexibility index (Phi) is 3.51. The van der Waals surface area contributed by atoms with E-state index < -0.39 is 0 Å². The number of rotatable bonds is 4. The van der Waals surface area contributed by atoms with Gasteiger partial charge in [-0.3, -0.25) is 11.3 Å². The molecule has 0 aliphatic heterocycles. The molecule has 3 N–H and O–H groups in total. The molecule has 13 heavy (non-hydrogen) atoms. The van der Waals surface area contributed by atoms with Crippen LogP contribution >= 0.6 is 0 Å². The summed E-state index contributed by atoms with van der Waals surface area (Å²) in [6.45, 7) is 8.35. The number of hydrogen-bond acceptors (Lipinski definition) is 2. The third-order valence-corrected chi connectivity index (χ3v) is 3.58. The van der Waals surface area contributed by atoms with Gasteiger partial charge in [0.15, 0.2) is 0 Å². The lowest BCUT2D eigenvalue weighted by atomic mass is 9.74. The maximum Gasteiger partial charge on any atom is 0.0470 e. The highest BCUT2D eigenvalue weighted by atomic mass is 15.2. The lowest BCUT2D eigenvalue weighted by Gasteiger charge is -2.36. The van der Waals surface area contributed by atoms with Crippen LogP contribution in [0, 0.1) is 5.41 Å². The van der Waals surface area contributed by atoms with E-state index in [0.29, 0.717) is 11.5 Å². The molecule has 0 aromatic heterocycles. The molecule has 0 bridgehead atoms. The van der Waals surface area contributed by atoms with Crippen molar-refractivity contribution in [3.8, 4) is 0 Å². The SMILES string of the molecule is C=C(C)C(NN)C1(CC)CCCC1. The van der Waals surface area contributed by atoms with Crippen molar-refractivity contribution in [3.05, 3.63) is 12.2 Å². The summed E-state index contributed by atoms with van der Waals surface area (Å²) < 4.78 is 0. The van der Waals surface area contributed by atoms with Crippen LogP contribution in [0.1, 0.15) is 46.0 Å². The van der Waals surface area contributed by atoms with Crippen molar-refractivity contribution >= 4 is 0 Å². The van der Waals surface area contributed by atoms with E-state index in [4.69, 9.17) is 5.84 Å². The number of nitrogens with one attached hydrogen (secondary N) is 1. The fraction of sp³-hybridized carbons (Fsp3) is 0.818. The second kappa shape index (κ2) is 4.25. The van der Waals surface area contributed by atoms with Crippen LogP contribution in [-0.2, 0) is 0 Å². The molecule has 0 saturated heterocycles. The first-order chi connectivity index (χ1) is 6.16. The zero-order valence-corrected chi connectivity index (χ0v) is 8.90. The van der Waals surface area contributed by atoms with Gasteiger partial charge < -0.3 is 0 Å². The van der Waals surface area contributed by atoms with Gasteiger partial charge in [-0.15, -0.1) is 0 Å². The van der Waals surface area contributed by atoms with E-state index in [-0.39, 0.29) is 0 Å². The zero-order chi connectivity index (χ0) is 9.90. The Balaban J connectivity index is 2.78. The van der Waals surface area contributed by atoms with Crippen LogP contribution in [0.3, 0.4) is 0 Å². The van der Waals surface area contributed by atoms with E-state index in [1.165, 1.54) is 37.7 Å². The molecule has 1 rings (SSSR count). The van der Waals surface area contributed by atoms with E-state index in [1.54, 1.807) is 0 Å². The van der Waals surface area contributed by atoms with Crippen molar-refractivity contribution in [3.63, 3.8) is 0 Å². The van der Waals surface area contributed by atoms with Crippen molar-refractivity contribution in [1.29, 1.82) is 0 Å². The van der Waals surface area contributed by atoms with Gasteiger partial charge in [0.1, 0.15) is 0 Å². The van der Waals surface area contributed by atoms with Gasteiger partial charge in [-0.25, -0.2) is 0 Å². The van der Waals surface area contributed by atoms with Gasteiger partial charge in [-0.1, -0.05) is 31.9 Å². The van der Waals surface area contributed by atoms with E-state index in [0.717, 1.165) is 0 Å². The van der Waals surface area contributed by atoms with Gasteiger partial charge in [0, 0.05) is 6.04 Å². The minimum absolute atomic E-state index is 0.306. The zero-order valence-electron chi connectivity index (χ0n) is 8.90. The highest BCUT2D eigenvalue weighted by molar-refractivity contribution is 5.10. The summed E-state index contributed by atoms with van der Waals surface area (Å²) in [5, 5.41) is 0. The van der Waals surface area contributed by atoms with E-state index in [2.05, 4.69) is 25.9 Å². The summed E-state index contributed by atoms with van der Waals surface area (Å²) in [5.41, 5.74) is 4.50. The normalized spacial score (nSPS) is 23.0. The number of hydrogen-bond donors (Lipinski definition) is 2. The van der Waals surface area contributed by atoms with Crippen molar-refractivity contribution in [2.75, 3.05) is 0 Å². The van der Waals surface area contributed by atoms with Crippen LogP contribution < -0.4 is 11.3 Å². The third kappa shape index (κ3) is 1.94. The second-order valence-corrected chi connectivity index (χ2v) is 4.37. The van der Waals surface area contributed by atoms with Crippen LogP contribution in [-0.4, -0.2) is 6.04 Å². The van der Waals surface area contributed by atoms with E-state index in [1.807, 2.05) is 0 Å². The average Bonchev–Trinajstić information content (AvgIpc) is 2.55. The molecule has 0 aromatic rings. The fourth-order valence-electron chi connectivity index (χ4n) is 2.77. The average molecular weight is 182 g/mol. The first-order valence-electron chi connectivity index (χ1n) is 5.28. The summed E-state index contributed by atoms with van der Waals surface area (Å²) in [6, 6.07) is 0.306. The molecule has 0 heterocycles. The van der Waals surface area contributed by atoms with Gasteiger partial charge in [-0.2, -0.15) is 0 Å². The molecule has 1 aliphatic rings. The summed E-state index contributed by atoms with van der Waals surface area (Å²) in [6.07, 6.45) is 6.49. The first-order valence-corrected chi connectivity index (χ1v) is 5.28. The quantitative estimate of drug-likeness (QED) is 0.398. The molecule has 1 saturated carbocycles. The van der Waals surface area contributed by atoms with Crippen LogP contribution in [0.15, 0.2) is 12.2 Å². The van der Waals surface area contributed by atoms with Gasteiger partial charge in [0.05, 0.1) is 0 Å². The Labute approximate surface area is 81.6 Å². The Bertz CT molecular complexity index is 181. The topological polar surface area (TPSA) is 38.0 Å². The lowest BCUT2D eigenvalue weighted by Crippen LogP contribution is -2.47. The van der Waals surface area contributed by atoms with Gasteiger partial charge in [0.2, 0.25) is 0 Å². The van der Waals surface area contributed by atoms with E-state index >= 15 is 0 Å². The molecule has 0 aromatic carbocycles. The maximum absolute atomic E-state index is 5.60. The predicted molar refractivity (Wildman–Crippen MR) is 57.1 cm³/mol. The monoisotopic (exact) mass is 182 g/mol. The van der Waals surface area contributed by atoms with Crippen LogP contribution in [0.5, 0.6) is 0 Å². The number of nitrogens with two attached hydrogens (primary N) is 1. The molecule has 1 atom stereocenters. The van der Waals surface area contributed by atoms with Gasteiger partial charge in [-0.05, 0) is 31.6 Å². The highest BCUT2D eigenvalue weighted by Crippen LogP contribution is 2.45. The van der Waals surface area contributed by atoms with Crippen LogP contribution in [0.4, 0.5) is 0 Å². The molecule has 1 fully saturated rings. The van der Waals surface area contributed by atoms with Crippen molar-refractivity contribution in [2.45, 2.75) is 52.0 Å². The van der Waals surface area contributed by atoms with Gasteiger partial charge >= 0.3 is 0 Å². The largest absolute Gasteiger partial charge is 0.271 e. The molecule has 2 heteroatoms. The van der Waals surface area contributed by atoms with Gasteiger partial charge in [0.25, 0.3) is 0 Å². The first kappa shape index (κ1) is 10.7. The van der Waals surface area contributed by atoms with Crippen molar-refractivity contribution < 1.29 is 0 Å². The summed E-state index contributed by atoms with van der Waals surface area (Å²) in [5.74, 6) is 5.60. The minimum atomic E-state index is 0.306. The summed E-state index contributed by atoms with van der Waals surface area (Å²) >= 11 is 0. The molecule has 1 aliphatic carbocycles. The smallest absolute Gasteiger partial charge is 0.0470 e. The summed E-state index contributed by atoms with van der Waals surface area (Å²) in [4.78, 5) is 0. The predicted octanol–water partition coefficient (Wildman–Crippen LogP) is 2.36. The standard InChI is InChI=1S/C11H22N2/c1-4-11(7-5-6-8-11)10(13-12)9(2)3/h10,13H,2,4-8,12H2,1,3H3. The summed E-state index contributed by atoms with van der Waals surface area (Å²) in [7, 11) is 0. The Morgan fingerprint density at radius 1 is 1.54 bits per heavy atom. The molecule has 0 spiro atoms. The fourth-order valence-corrected chi connectivity index (χ4v) is 2.77. The second-order valence-electron chi connectivity index (χ2n) is 4.37. The van der Waals surface area contributed by atoms with Crippen molar-refractivity contribution in [1.82, 2.24) is 5.43 Å². The van der Waals surface area contributed by atoms with Crippen molar-refractivity contribution in [2.24, 2.45) is 11.3 Å². The Hall–Kier alpha value is -0.340. The van der Waals surface area contributed by atoms with Crippen LogP contribution in [0.2, 0.25) is 0 Å². The maximum atomic E-state index is 5.60. The molecule has 0 radical (unpaired) electrons. The lowest BCUT2D eigenvalue weighted by molar-refractivity contribution is 0.212. The third-order valence-electron chi connectivity index (χ3n) is 3.58. The molecule has 1 unspecified atom stereocenters. The molecular formula is C11H22N2. The highest BCUT2D eigenvalue weighted by Gasteiger charge is 2.39. The molecular weight excluding hydrogens is 160 g/mol. The Morgan fingerprint density at radius 3 is 2.38 bits per heavy atom. The number of hydrazine groups is 1. The van der Waals surface area contributed by atoms with E-state index in [9.17, 15) is 0 Å². The van der Waals surface area contributed by atoms with Crippen LogP contribution in [0.25, 0.3) is 0 Å². The molecule has 76 valence electrons. The molecule has 2 nitrogen and oxygen atoms in total. The molecule has 0 amide bonds. The Morgan fingerprint density at radius 2 is 2.08 bits per heavy atom.